The standard InChI is InChI=1S/C28H38F2N2O3/c1-18(33)32-24(14-19-12-22(29)16-23(30)13-19)25(34)17-31-28(11-6-5-10-26(28)35)21-9-7-8-20(15-21)27(2,3)4/h7-9,12-13,15-16,24-26,31,34-35H,5-6,10-11,14,17H2,1-4H3,(H,32,33)/t24-,25+,26?,28?/m0/s1. The Labute approximate surface area is 207 Å². The van der Waals surface area contributed by atoms with E-state index in [0.717, 1.165) is 30.0 Å². The van der Waals surface area contributed by atoms with E-state index in [9.17, 15) is 23.8 Å². The van der Waals surface area contributed by atoms with E-state index in [1.807, 2.05) is 12.1 Å². The van der Waals surface area contributed by atoms with E-state index in [0.29, 0.717) is 18.4 Å². The van der Waals surface area contributed by atoms with Gasteiger partial charge in [0.05, 0.1) is 23.8 Å². The van der Waals surface area contributed by atoms with Crippen LogP contribution in [0.4, 0.5) is 8.78 Å². The molecule has 1 amide bonds. The Morgan fingerprint density at radius 3 is 2.43 bits per heavy atom. The number of amides is 1. The van der Waals surface area contributed by atoms with Gasteiger partial charge in [-0.05, 0) is 53.5 Å². The van der Waals surface area contributed by atoms with Gasteiger partial charge >= 0.3 is 0 Å². The van der Waals surface area contributed by atoms with Crippen LogP contribution in [0.3, 0.4) is 0 Å². The van der Waals surface area contributed by atoms with E-state index in [-0.39, 0.29) is 24.3 Å². The van der Waals surface area contributed by atoms with Crippen LogP contribution in [-0.2, 0) is 22.2 Å². The molecule has 0 spiro atoms. The normalized spacial score (nSPS) is 22.5. The Morgan fingerprint density at radius 1 is 1.14 bits per heavy atom. The maximum atomic E-state index is 13.7. The molecule has 35 heavy (non-hydrogen) atoms. The number of carbonyl (C=O) groups excluding carboxylic acids is 1. The Hall–Kier alpha value is -2.35. The number of rotatable bonds is 8. The molecule has 5 nitrogen and oxygen atoms in total. The summed E-state index contributed by atoms with van der Waals surface area (Å²) in [6, 6.07) is 10.6. The van der Waals surface area contributed by atoms with E-state index in [1.54, 1.807) is 0 Å². The maximum Gasteiger partial charge on any atom is 0.217 e. The molecule has 0 radical (unpaired) electrons. The van der Waals surface area contributed by atoms with Gasteiger partial charge in [-0.25, -0.2) is 8.78 Å². The van der Waals surface area contributed by atoms with Crippen LogP contribution in [0.1, 0.15) is 70.1 Å². The monoisotopic (exact) mass is 488 g/mol. The molecule has 3 rings (SSSR count). The first-order valence-corrected chi connectivity index (χ1v) is 12.3. The Kier molecular flexibility index (Phi) is 8.67. The number of carbonyl (C=O) groups is 1. The summed E-state index contributed by atoms with van der Waals surface area (Å²) in [5.41, 5.74) is 1.65. The van der Waals surface area contributed by atoms with Crippen molar-refractivity contribution in [2.24, 2.45) is 0 Å². The second-order valence-electron chi connectivity index (χ2n) is 10.8. The molecule has 0 aliphatic heterocycles. The molecular formula is C28H38F2N2O3. The molecule has 2 aromatic carbocycles. The minimum Gasteiger partial charge on any atom is -0.391 e. The van der Waals surface area contributed by atoms with Gasteiger partial charge in [-0.1, -0.05) is 57.9 Å². The Balaban J connectivity index is 1.85. The van der Waals surface area contributed by atoms with Crippen molar-refractivity contribution in [3.63, 3.8) is 0 Å². The predicted molar refractivity (Wildman–Crippen MR) is 133 cm³/mol. The third-order valence-electron chi connectivity index (χ3n) is 6.97. The number of aliphatic hydroxyl groups is 2. The van der Waals surface area contributed by atoms with E-state index in [1.165, 1.54) is 19.1 Å². The topological polar surface area (TPSA) is 81.6 Å². The van der Waals surface area contributed by atoms with Crippen molar-refractivity contribution in [1.29, 1.82) is 0 Å². The highest BCUT2D eigenvalue weighted by Gasteiger charge is 2.42. The summed E-state index contributed by atoms with van der Waals surface area (Å²) in [4.78, 5) is 11.8. The summed E-state index contributed by atoms with van der Waals surface area (Å²) in [5, 5.41) is 28.4. The lowest BCUT2D eigenvalue weighted by Gasteiger charge is -2.44. The smallest absolute Gasteiger partial charge is 0.217 e. The molecule has 2 aromatic rings. The van der Waals surface area contributed by atoms with Crippen LogP contribution in [0.2, 0.25) is 0 Å². The number of aliphatic hydroxyl groups excluding tert-OH is 2. The number of benzene rings is 2. The molecule has 0 saturated heterocycles. The van der Waals surface area contributed by atoms with Crippen molar-refractivity contribution >= 4 is 5.91 Å². The van der Waals surface area contributed by atoms with E-state index < -0.39 is 35.4 Å². The molecule has 1 saturated carbocycles. The van der Waals surface area contributed by atoms with Crippen molar-refractivity contribution in [2.75, 3.05) is 6.54 Å². The van der Waals surface area contributed by atoms with Crippen molar-refractivity contribution in [3.8, 4) is 0 Å². The average molecular weight is 489 g/mol. The van der Waals surface area contributed by atoms with Gasteiger partial charge in [-0.2, -0.15) is 0 Å². The summed E-state index contributed by atoms with van der Waals surface area (Å²) >= 11 is 0. The molecule has 1 fully saturated rings. The SMILES string of the molecule is CC(=O)N[C@@H](Cc1cc(F)cc(F)c1)[C@H](O)CNC1(c2cccc(C(C)(C)C)c2)CCCCC1O. The van der Waals surface area contributed by atoms with Crippen LogP contribution in [-0.4, -0.2) is 40.9 Å². The summed E-state index contributed by atoms with van der Waals surface area (Å²) < 4.78 is 27.4. The van der Waals surface area contributed by atoms with Crippen molar-refractivity contribution in [1.82, 2.24) is 10.6 Å². The second kappa shape index (κ2) is 11.1. The van der Waals surface area contributed by atoms with Crippen LogP contribution < -0.4 is 10.6 Å². The Morgan fingerprint density at radius 2 is 1.83 bits per heavy atom. The molecule has 1 aliphatic carbocycles. The van der Waals surface area contributed by atoms with Gasteiger partial charge < -0.3 is 20.8 Å². The highest BCUT2D eigenvalue weighted by Crippen LogP contribution is 2.39. The zero-order valence-corrected chi connectivity index (χ0v) is 21.1. The number of hydrogen-bond acceptors (Lipinski definition) is 4. The van der Waals surface area contributed by atoms with Gasteiger partial charge in [0.1, 0.15) is 11.6 Å². The van der Waals surface area contributed by atoms with Crippen LogP contribution >= 0.6 is 0 Å². The fourth-order valence-corrected chi connectivity index (χ4v) is 5.02. The molecule has 7 heteroatoms. The van der Waals surface area contributed by atoms with Crippen LogP contribution in [0.5, 0.6) is 0 Å². The highest BCUT2D eigenvalue weighted by atomic mass is 19.1. The molecule has 0 bridgehead atoms. The first-order valence-electron chi connectivity index (χ1n) is 12.3. The molecule has 192 valence electrons. The third-order valence-corrected chi connectivity index (χ3v) is 6.97. The average Bonchev–Trinajstić information content (AvgIpc) is 2.76. The van der Waals surface area contributed by atoms with Gasteiger partial charge in [-0.15, -0.1) is 0 Å². The zero-order valence-electron chi connectivity index (χ0n) is 21.1. The van der Waals surface area contributed by atoms with Crippen molar-refractivity contribution in [2.45, 2.75) is 89.0 Å². The molecule has 0 heterocycles. The van der Waals surface area contributed by atoms with Gasteiger partial charge in [0.2, 0.25) is 5.91 Å². The van der Waals surface area contributed by atoms with Gasteiger partial charge in [0, 0.05) is 19.5 Å². The lowest BCUT2D eigenvalue weighted by molar-refractivity contribution is -0.120. The lowest BCUT2D eigenvalue weighted by Crippen LogP contribution is -2.57. The molecule has 1 aliphatic rings. The summed E-state index contributed by atoms with van der Waals surface area (Å²) in [6.07, 6.45) is 1.56. The van der Waals surface area contributed by atoms with E-state index >= 15 is 0 Å². The van der Waals surface area contributed by atoms with Crippen LogP contribution in [0.25, 0.3) is 0 Å². The van der Waals surface area contributed by atoms with Gasteiger partial charge in [-0.3, -0.25) is 4.79 Å². The molecule has 4 N–H and O–H groups in total. The van der Waals surface area contributed by atoms with Crippen molar-refractivity contribution in [3.05, 3.63) is 70.8 Å². The molecular weight excluding hydrogens is 450 g/mol. The second-order valence-corrected chi connectivity index (χ2v) is 10.8. The van der Waals surface area contributed by atoms with Crippen LogP contribution in [0, 0.1) is 11.6 Å². The first kappa shape index (κ1) is 27.2. The van der Waals surface area contributed by atoms with E-state index in [2.05, 4.69) is 43.5 Å². The molecule has 2 unspecified atom stereocenters. The Bertz CT molecular complexity index is 1000. The summed E-state index contributed by atoms with van der Waals surface area (Å²) in [5.74, 6) is -1.77. The zero-order chi connectivity index (χ0) is 25.8. The molecule has 0 aromatic heterocycles. The van der Waals surface area contributed by atoms with Gasteiger partial charge in [0.25, 0.3) is 0 Å². The minimum atomic E-state index is -1.05. The summed E-state index contributed by atoms with van der Waals surface area (Å²) in [7, 11) is 0. The fraction of sp³-hybridized carbons (Fsp3) is 0.536. The van der Waals surface area contributed by atoms with E-state index in [4.69, 9.17) is 0 Å². The number of nitrogens with one attached hydrogen (secondary N) is 2. The largest absolute Gasteiger partial charge is 0.391 e. The minimum absolute atomic E-state index is 0.0617. The number of halogens is 2. The lowest BCUT2D eigenvalue weighted by atomic mass is 9.72. The first-order chi connectivity index (χ1) is 16.4. The van der Waals surface area contributed by atoms with Gasteiger partial charge in [0.15, 0.2) is 0 Å². The van der Waals surface area contributed by atoms with Crippen molar-refractivity contribution < 1.29 is 23.8 Å². The fourth-order valence-electron chi connectivity index (χ4n) is 5.02. The predicted octanol–water partition coefficient (Wildman–Crippen LogP) is 4.09. The number of hydrogen-bond donors (Lipinski definition) is 4. The molecule has 4 atom stereocenters. The van der Waals surface area contributed by atoms with Crippen LogP contribution in [0.15, 0.2) is 42.5 Å². The quantitative estimate of drug-likeness (QED) is 0.451. The third kappa shape index (κ3) is 6.87. The highest BCUT2D eigenvalue weighted by molar-refractivity contribution is 5.73. The maximum absolute atomic E-state index is 13.7. The summed E-state index contributed by atoms with van der Waals surface area (Å²) in [6.45, 7) is 7.84.